The van der Waals surface area contributed by atoms with Crippen LogP contribution in [-0.4, -0.2) is 29.8 Å². The van der Waals surface area contributed by atoms with Crippen molar-refractivity contribution in [1.82, 2.24) is 5.32 Å². The number of carbonyl (C=O) groups is 1. The van der Waals surface area contributed by atoms with Crippen LogP contribution < -0.4 is 5.32 Å². The van der Waals surface area contributed by atoms with Crippen LogP contribution in [0.25, 0.3) is 0 Å². The zero-order valence-electron chi connectivity index (χ0n) is 8.34. The van der Waals surface area contributed by atoms with Gasteiger partial charge in [-0.15, -0.1) is 0 Å². The Balaban J connectivity index is 2.46. The minimum atomic E-state index is -4.82. The molecule has 1 fully saturated rings. The van der Waals surface area contributed by atoms with E-state index in [9.17, 15) is 18.0 Å². The molecule has 0 spiro atoms. The first kappa shape index (κ1) is 12.3. The SMILES string of the molecule is C[C@H]1C[C@H](NC(=O)C(F)(F)F)C[C@@H]1CO. The molecule has 0 aromatic carbocycles. The Labute approximate surface area is 85.7 Å². The van der Waals surface area contributed by atoms with Crippen LogP contribution in [0, 0.1) is 11.8 Å². The molecular weight excluding hydrogens is 211 g/mol. The van der Waals surface area contributed by atoms with Gasteiger partial charge in [-0.2, -0.15) is 13.2 Å². The molecule has 1 amide bonds. The number of halogens is 3. The molecule has 0 heterocycles. The Bertz CT molecular complexity index is 242. The van der Waals surface area contributed by atoms with Crippen molar-refractivity contribution in [2.75, 3.05) is 6.61 Å². The van der Waals surface area contributed by atoms with Gasteiger partial charge in [-0.25, -0.2) is 0 Å². The quantitative estimate of drug-likeness (QED) is 0.738. The Kier molecular flexibility index (Phi) is 3.59. The molecule has 3 atom stereocenters. The van der Waals surface area contributed by atoms with Gasteiger partial charge in [0.1, 0.15) is 0 Å². The maximum atomic E-state index is 11.9. The van der Waals surface area contributed by atoms with Crippen LogP contribution in [0.15, 0.2) is 0 Å². The molecule has 1 saturated carbocycles. The molecule has 15 heavy (non-hydrogen) atoms. The third-order valence-electron chi connectivity index (χ3n) is 2.88. The van der Waals surface area contributed by atoms with Gasteiger partial charge in [0.15, 0.2) is 0 Å². The fraction of sp³-hybridized carbons (Fsp3) is 0.889. The highest BCUT2D eigenvalue weighted by atomic mass is 19.4. The van der Waals surface area contributed by atoms with E-state index < -0.39 is 18.1 Å². The predicted octanol–water partition coefficient (Wildman–Crippen LogP) is 1.07. The van der Waals surface area contributed by atoms with Crippen molar-refractivity contribution in [3.05, 3.63) is 0 Å². The molecule has 6 heteroatoms. The first-order valence-electron chi connectivity index (χ1n) is 4.83. The van der Waals surface area contributed by atoms with Crippen molar-refractivity contribution in [2.45, 2.75) is 32.0 Å². The lowest BCUT2D eigenvalue weighted by Gasteiger charge is -2.13. The van der Waals surface area contributed by atoms with E-state index in [-0.39, 0.29) is 18.4 Å². The van der Waals surface area contributed by atoms with Crippen molar-refractivity contribution >= 4 is 5.91 Å². The zero-order valence-corrected chi connectivity index (χ0v) is 8.34. The van der Waals surface area contributed by atoms with Gasteiger partial charge in [-0.1, -0.05) is 6.92 Å². The summed E-state index contributed by atoms with van der Waals surface area (Å²) in [4.78, 5) is 10.6. The average Bonchev–Trinajstić information content (AvgIpc) is 2.44. The number of carbonyl (C=O) groups excluding carboxylic acids is 1. The van der Waals surface area contributed by atoms with Crippen LogP contribution in [-0.2, 0) is 4.79 Å². The Morgan fingerprint density at radius 1 is 1.47 bits per heavy atom. The highest BCUT2D eigenvalue weighted by molar-refractivity contribution is 5.81. The third-order valence-corrected chi connectivity index (χ3v) is 2.88. The highest BCUT2D eigenvalue weighted by Gasteiger charge is 2.41. The van der Waals surface area contributed by atoms with Crippen LogP contribution in [0.5, 0.6) is 0 Å². The number of aliphatic hydroxyl groups is 1. The summed E-state index contributed by atoms with van der Waals surface area (Å²) in [7, 11) is 0. The second-order valence-corrected chi connectivity index (χ2v) is 4.06. The molecular formula is C9H14F3NO2. The van der Waals surface area contributed by atoms with E-state index >= 15 is 0 Å². The van der Waals surface area contributed by atoms with Gasteiger partial charge in [-0.3, -0.25) is 4.79 Å². The summed E-state index contributed by atoms with van der Waals surface area (Å²) in [6.07, 6.45) is -3.91. The fourth-order valence-corrected chi connectivity index (χ4v) is 1.97. The Morgan fingerprint density at radius 2 is 2.07 bits per heavy atom. The molecule has 3 nitrogen and oxygen atoms in total. The lowest BCUT2D eigenvalue weighted by molar-refractivity contribution is -0.174. The van der Waals surface area contributed by atoms with Crippen LogP contribution >= 0.6 is 0 Å². The fourth-order valence-electron chi connectivity index (χ4n) is 1.97. The molecule has 1 aliphatic carbocycles. The molecule has 0 radical (unpaired) electrons. The van der Waals surface area contributed by atoms with Crippen molar-refractivity contribution in [1.29, 1.82) is 0 Å². The summed E-state index contributed by atoms with van der Waals surface area (Å²) in [5.41, 5.74) is 0. The summed E-state index contributed by atoms with van der Waals surface area (Å²) in [5.74, 6) is -1.75. The van der Waals surface area contributed by atoms with E-state index in [4.69, 9.17) is 5.11 Å². The largest absolute Gasteiger partial charge is 0.471 e. The number of nitrogens with one attached hydrogen (secondary N) is 1. The molecule has 0 saturated heterocycles. The van der Waals surface area contributed by atoms with Crippen molar-refractivity contribution in [3.63, 3.8) is 0 Å². The van der Waals surface area contributed by atoms with Gasteiger partial charge in [0, 0.05) is 12.6 Å². The van der Waals surface area contributed by atoms with Crippen LogP contribution in [0.4, 0.5) is 13.2 Å². The molecule has 88 valence electrons. The van der Waals surface area contributed by atoms with Crippen molar-refractivity contribution < 1.29 is 23.1 Å². The zero-order chi connectivity index (χ0) is 11.6. The number of hydrogen-bond donors (Lipinski definition) is 2. The summed E-state index contributed by atoms with van der Waals surface area (Å²) >= 11 is 0. The standard InChI is InChI=1S/C9H14F3NO2/c1-5-2-7(3-6(5)4-14)13-8(15)9(10,11)12/h5-7,14H,2-4H2,1H3,(H,13,15)/t5-,6+,7-/m0/s1. The Morgan fingerprint density at radius 3 is 2.47 bits per heavy atom. The molecule has 1 aliphatic rings. The smallest absolute Gasteiger partial charge is 0.396 e. The first-order chi connectivity index (χ1) is 6.84. The molecule has 0 bridgehead atoms. The number of aliphatic hydroxyl groups excluding tert-OH is 1. The van der Waals surface area contributed by atoms with Gasteiger partial charge in [0.05, 0.1) is 0 Å². The van der Waals surface area contributed by atoms with Crippen LogP contribution in [0.1, 0.15) is 19.8 Å². The number of amides is 1. The highest BCUT2D eigenvalue weighted by Crippen LogP contribution is 2.31. The van der Waals surface area contributed by atoms with Crippen LogP contribution in [0.2, 0.25) is 0 Å². The van der Waals surface area contributed by atoms with Crippen molar-refractivity contribution in [2.24, 2.45) is 11.8 Å². The summed E-state index contributed by atoms with van der Waals surface area (Å²) in [6.45, 7) is 1.82. The molecule has 0 aliphatic heterocycles. The van der Waals surface area contributed by atoms with Gasteiger partial charge >= 0.3 is 12.1 Å². The maximum absolute atomic E-state index is 11.9. The van der Waals surface area contributed by atoms with Gasteiger partial charge in [0.25, 0.3) is 0 Å². The summed E-state index contributed by atoms with van der Waals surface area (Å²) < 4.78 is 35.8. The van der Waals surface area contributed by atoms with Crippen molar-refractivity contribution in [3.8, 4) is 0 Å². The average molecular weight is 225 g/mol. The minimum absolute atomic E-state index is 0.0106. The lowest BCUT2D eigenvalue weighted by atomic mass is 10.00. The minimum Gasteiger partial charge on any atom is -0.396 e. The second kappa shape index (κ2) is 4.38. The van der Waals surface area contributed by atoms with E-state index in [1.54, 1.807) is 0 Å². The molecule has 0 unspecified atom stereocenters. The molecule has 1 rings (SSSR count). The Hall–Kier alpha value is -0.780. The predicted molar refractivity (Wildman–Crippen MR) is 47.0 cm³/mol. The monoisotopic (exact) mass is 225 g/mol. The van der Waals surface area contributed by atoms with Gasteiger partial charge in [0.2, 0.25) is 0 Å². The first-order valence-corrected chi connectivity index (χ1v) is 4.83. The number of hydrogen-bond acceptors (Lipinski definition) is 2. The van der Waals surface area contributed by atoms with Gasteiger partial charge in [-0.05, 0) is 24.7 Å². The maximum Gasteiger partial charge on any atom is 0.471 e. The van der Waals surface area contributed by atoms with E-state index in [0.29, 0.717) is 12.8 Å². The summed E-state index contributed by atoms with van der Waals surface area (Å²) in [6, 6.07) is -0.466. The summed E-state index contributed by atoms with van der Waals surface area (Å²) in [5, 5.41) is 10.9. The third kappa shape index (κ3) is 3.09. The van der Waals surface area contributed by atoms with Gasteiger partial charge < -0.3 is 10.4 Å². The molecule has 0 aromatic rings. The normalized spacial score (nSPS) is 31.7. The molecule has 2 N–H and O–H groups in total. The van der Waals surface area contributed by atoms with E-state index in [1.807, 2.05) is 12.2 Å². The van der Waals surface area contributed by atoms with E-state index in [1.165, 1.54) is 0 Å². The molecule has 0 aromatic heterocycles. The van der Waals surface area contributed by atoms with Crippen LogP contribution in [0.3, 0.4) is 0 Å². The lowest BCUT2D eigenvalue weighted by Crippen LogP contribution is -2.42. The number of alkyl halides is 3. The second-order valence-electron chi connectivity index (χ2n) is 4.06. The topological polar surface area (TPSA) is 49.3 Å². The number of rotatable bonds is 2. The van der Waals surface area contributed by atoms with E-state index in [0.717, 1.165) is 0 Å². The van der Waals surface area contributed by atoms with E-state index in [2.05, 4.69) is 0 Å².